The average molecular weight is 306 g/mol. The third-order valence-electron chi connectivity index (χ3n) is 4.11. The zero-order valence-corrected chi connectivity index (χ0v) is 13.7. The summed E-state index contributed by atoms with van der Waals surface area (Å²) >= 11 is 0. The zero-order chi connectivity index (χ0) is 16.2. The maximum absolute atomic E-state index is 12.7. The topological polar surface area (TPSA) is 23.6 Å². The van der Waals surface area contributed by atoms with E-state index in [0.29, 0.717) is 6.54 Å². The Bertz CT molecular complexity index is 719. The molecule has 0 aliphatic carbocycles. The Balaban J connectivity index is 1.90. The van der Waals surface area contributed by atoms with Crippen LogP contribution in [-0.4, -0.2) is 42.9 Å². The molecule has 3 heteroatoms. The molecule has 1 heterocycles. The van der Waals surface area contributed by atoms with Gasteiger partial charge in [-0.25, -0.2) is 0 Å². The van der Waals surface area contributed by atoms with Crippen LogP contribution >= 0.6 is 0 Å². The standard InChI is InChI=1S/C20H22N2O/c1-21(2)14-15-22-19(13-12-16-8-4-3-5-9-16)17-10-6-7-11-18(17)20(22)23/h3-11,13H,12,14-15H2,1-2H3/b19-13+. The number of nitrogens with zero attached hydrogens (tertiary/aromatic N) is 2. The Morgan fingerprint density at radius 1 is 0.957 bits per heavy atom. The van der Waals surface area contributed by atoms with Crippen molar-refractivity contribution < 1.29 is 4.79 Å². The van der Waals surface area contributed by atoms with Crippen LogP contribution < -0.4 is 0 Å². The number of benzene rings is 2. The third kappa shape index (κ3) is 3.35. The van der Waals surface area contributed by atoms with Gasteiger partial charge in [0.2, 0.25) is 0 Å². The summed E-state index contributed by atoms with van der Waals surface area (Å²) in [6.45, 7) is 1.56. The fourth-order valence-electron chi connectivity index (χ4n) is 2.86. The molecule has 0 fully saturated rings. The minimum absolute atomic E-state index is 0.113. The van der Waals surface area contributed by atoms with E-state index in [1.165, 1.54) is 5.56 Å². The van der Waals surface area contributed by atoms with Crippen molar-refractivity contribution in [3.05, 3.63) is 77.4 Å². The van der Waals surface area contributed by atoms with Crippen LogP contribution in [0.4, 0.5) is 0 Å². The van der Waals surface area contributed by atoms with Crippen molar-refractivity contribution in [3.8, 4) is 0 Å². The molecular formula is C20H22N2O. The molecule has 0 spiro atoms. The second kappa shape index (κ2) is 6.80. The summed E-state index contributed by atoms with van der Waals surface area (Å²) in [7, 11) is 4.06. The molecule has 0 N–H and O–H groups in total. The molecule has 3 nitrogen and oxygen atoms in total. The molecule has 2 aromatic rings. The van der Waals surface area contributed by atoms with E-state index in [9.17, 15) is 4.79 Å². The van der Waals surface area contributed by atoms with Crippen LogP contribution in [-0.2, 0) is 6.42 Å². The lowest BCUT2D eigenvalue weighted by molar-refractivity contribution is 0.0843. The number of hydrogen-bond donors (Lipinski definition) is 0. The minimum atomic E-state index is 0.113. The highest BCUT2D eigenvalue weighted by Crippen LogP contribution is 2.32. The van der Waals surface area contributed by atoms with Gasteiger partial charge in [0.25, 0.3) is 5.91 Å². The van der Waals surface area contributed by atoms with Crippen LogP contribution in [0.1, 0.15) is 21.5 Å². The van der Waals surface area contributed by atoms with Gasteiger partial charge in [-0.05, 0) is 32.1 Å². The molecule has 0 atom stereocenters. The second-order valence-electron chi connectivity index (χ2n) is 6.08. The fraction of sp³-hybridized carbons (Fsp3) is 0.250. The van der Waals surface area contributed by atoms with Crippen LogP contribution in [0.3, 0.4) is 0 Å². The smallest absolute Gasteiger partial charge is 0.259 e. The van der Waals surface area contributed by atoms with Gasteiger partial charge < -0.3 is 9.80 Å². The highest BCUT2D eigenvalue weighted by molar-refractivity contribution is 6.09. The number of allylic oxidation sites excluding steroid dienone is 1. The molecule has 0 saturated heterocycles. The molecule has 1 amide bonds. The number of amides is 1. The highest BCUT2D eigenvalue weighted by atomic mass is 16.2. The lowest BCUT2D eigenvalue weighted by Crippen LogP contribution is -2.31. The fourth-order valence-corrected chi connectivity index (χ4v) is 2.86. The summed E-state index contributed by atoms with van der Waals surface area (Å²) in [5.74, 6) is 0.113. The molecule has 0 aromatic heterocycles. The molecule has 0 radical (unpaired) electrons. The van der Waals surface area contributed by atoms with E-state index >= 15 is 0 Å². The first-order valence-corrected chi connectivity index (χ1v) is 7.97. The molecule has 23 heavy (non-hydrogen) atoms. The predicted octanol–water partition coefficient (Wildman–Crippen LogP) is 3.29. The molecule has 1 aliphatic rings. The van der Waals surface area contributed by atoms with E-state index in [2.05, 4.69) is 23.1 Å². The van der Waals surface area contributed by atoms with Gasteiger partial charge in [-0.1, -0.05) is 54.6 Å². The molecule has 3 rings (SSSR count). The van der Waals surface area contributed by atoms with Gasteiger partial charge in [0.15, 0.2) is 0 Å². The first kappa shape index (κ1) is 15.5. The predicted molar refractivity (Wildman–Crippen MR) is 94.2 cm³/mol. The van der Waals surface area contributed by atoms with E-state index in [1.54, 1.807) is 0 Å². The van der Waals surface area contributed by atoms with Crippen molar-refractivity contribution in [1.82, 2.24) is 9.80 Å². The van der Waals surface area contributed by atoms with E-state index in [0.717, 1.165) is 29.8 Å². The van der Waals surface area contributed by atoms with Gasteiger partial charge in [-0.3, -0.25) is 4.79 Å². The molecule has 0 bridgehead atoms. The van der Waals surface area contributed by atoms with Crippen LogP contribution in [0.2, 0.25) is 0 Å². The molecule has 118 valence electrons. The Kier molecular flexibility index (Phi) is 4.58. The minimum Gasteiger partial charge on any atom is -0.308 e. The van der Waals surface area contributed by atoms with Crippen LogP contribution in [0, 0.1) is 0 Å². The lowest BCUT2D eigenvalue weighted by atomic mass is 10.1. The Morgan fingerprint density at radius 3 is 2.30 bits per heavy atom. The summed E-state index contributed by atoms with van der Waals surface area (Å²) in [5, 5.41) is 0. The van der Waals surface area contributed by atoms with Crippen molar-refractivity contribution in [2.75, 3.05) is 27.2 Å². The Labute approximate surface area is 137 Å². The van der Waals surface area contributed by atoms with Gasteiger partial charge in [0.1, 0.15) is 0 Å². The summed E-state index contributed by atoms with van der Waals surface area (Å²) in [6.07, 6.45) is 3.00. The monoisotopic (exact) mass is 306 g/mol. The Hall–Kier alpha value is -2.39. The summed E-state index contributed by atoms with van der Waals surface area (Å²) in [6, 6.07) is 18.2. The SMILES string of the molecule is CN(C)CCN1C(=O)c2ccccc2/C1=C\Cc1ccccc1. The number of likely N-dealkylation sites (N-methyl/N-ethyl adjacent to an activating group) is 1. The summed E-state index contributed by atoms with van der Waals surface area (Å²) in [4.78, 5) is 16.7. The van der Waals surface area contributed by atoms with E-state index < -0.39 is 0 Å². The van der Waals surface area contributed by atoms with Crippen LogP contribution in [0.25, 0.3) is 5.70 Å². The first-order chi connectivity index (χ1) is 11.2. The van der Waals surface area contributed by atoms with Gasteiger partial charge >= 0.3 is 0 Å². The molecule has 1 aliphatic heterocycles. The third-order valence-corrected chi connectivity index (χ3v) is 4.11. The normalized spacial score (nSPS) is 15.5. The lowest BCUT2D eigenvalue weighted by Gasteiger charge is -2.21. The van der Waals surface area contributed by atoms with E-state index in [4.69, 9.17) is 0 Å². The van der Waals surface area contributed by atoms with Crippen molar-refractivity contribution in [2.24, 2.45) is 0 Å². The van der Waals surface area contributed by atoms with Gasteiger partial charge in [-0.2, -0.15) is 0 Å². The summed E-state index contributed by atoms with van der Waals surface area (Å²) in [5.41, 5.74) is 4.15. The maximum Gasteiger partial charge on any atom is 0.259 e. The maximum atomic E-state index is 12.7. The van der Waals surface area contributed by atoms with Gasteiger partial charge in [-0.15, -0.1) is 0 Å². The van der Waals surface area contributed by atoms with Crippen LogP contribution in [0.5, 0.6) is 0 Å². The number of carbonyl (C=O) groups is 1. The van der Waals surface area contributed by atoms with Crippen LogP contribution in [0.15, 0.2) is 60.7 Å². The summed E-state index contributed by atoms with van der Waals surface area (Å²) < 4.78 is 0. The van der Waals surface area contributed by atoms with Crippen molar-refractivity contribution in [1.29, 1.82) is 0 Å². The number of fused-ring (bicyclic) bond motifs is 1. The van der Waals surface area contributed by atoms with E-state index in [-0.39, 0.29) is 5.91 Å². The zero-order valence-electron chi connectivity index (χ0n) is 13.7. The number of hydrogen-bond acceptors (Lipinski definition) is 2. The largest absolute Gasteiger partial charge is 0.308 e. The van der Waals surface area contributed by atoms with Gasteiger partial charge in [0, 0.05) is 29.9 Å². The Morgan fingerprint density at radius 2 is 1.61 bits per heavy atom. The van der Waals surface area contributed by atoms with Gasteiger partial charge in [0.05, 0.1) is 0 Å². The van der Waals surface area contributed by atoms with Crippen molar-refractivity contribution in [2.45, 2.75) is 6.42 Å². The van der Waals surface area contributed by atoms with Crippen molar-refractivity contribution >= 4 is 11.6 Å². The number of rotatable bonds is 5. The highest BCUT2D eigenvalue weighted by Gasteiger charge is 2.31. The average Bonchev–Trinajstić information content (AvgIpc) is 2.84. The molecule has 0 unspecified atom stereocenters. The molecule has 0 saturated carbocycles. The molecule has 2 aromatic carbocycles. The molecular weight excluding hydrogens is 284 g/mol. The number of carbonyl (C=O) groups excluding carboxylic acids is 1. The van der Waals surface area contributed by atoms with E-state index in [1.807, 2.05) is 61.5 Å². The second-order valence-corrected chi connectivity index (χ2v) is 6.08. The van der Waals surface area contributed by atoms with Crippen molar-refractivity contribution in [3.63, 3.8) is 0 Å². The first-order valence-electron chi connectivity index (χ1n) is 7.97. The quantitative estimate of drug-likeness (QED) is 0.846.